The molecular formula is C20H22N2O4S. The predicted molar refractivity (Wildman–Crippen MR) is 106 cm³/mol. The molecule has 27 heavy (non-hydrogen) atoms. The average Bonchev–Trinajstić information content (AvgIpc) is 3.03. The average molecular weight is 386 g/mol. The van der Waals surface area contributed by atoms with Gasteiger partial charge in [0, 0.05) is 19.7 Å². The highest BCUT2D eigenvalue weighted by Gasteiger charge is 2.15. The maximum atomic E-state index is 12.9. The lowest BCUT2D eigenvalue weighted by atomic mass is 10.2. The summed E-state index contributed by atoms with van der Waals surface area (Å²) in [6, 6.07) is 11.2. The lowest BCUT2D eigenvalue weighted by Crippen LogP contribution is -2.20. The number of hydrogen-bond acceptors (Lipinski definition) is 5. The van der Waals surface area contributed by atoms with Gasteiger partial charge in [-0.05, 0) is 30.7 Å². The minimum atomic E-state index is -0.357. The third-order valence-corrected chi connectivity index (χ3v) is 5.30. The number of methoxy groups -OCH3 is 3. The van der Waals surface area contributed by atoms with Gasteiger partial charge in [0.15, 0.2) is 4.80 Å². The summed E-state index contributed by atoms with van der Waals surface area (Å²) < 4.78 is 18.9. The van der Waals surface area contributed by atoms with Gasteiger partial charge >= 0.3 is 0 Å². The Balaban J connectivity index is 2.12. The van der Waals surface area contributed by atoms with Gasteiger partial charge in [-0.3, -0.25) is 4.79 Å². The van der Waals surface area contributed by atoms with Crippen molar-refractivity contribution in [3.8, 4) is 11.5 Å². The molecular weight excluding hydrogens is 364 g/mol. The van der Waals surface area contributed by atoms with Crippen molar-refractivity contribution in [2.45, 2.75) is 13.5 Å². The van der Waals surface area contributed by atoms with Gasteiger partial charge in [-0.25, -0.2) is 0 Å². The van der Waals surface area contributed by atoms with Crippen molar-refractivity contribution in [3.05, 3.63) is 52.3 Å². The Hall–Kier alpha value is -2.64. The molecule has 0 aliphatic carbocycles. The second-order valence-corrected chi connectivity index (χ2v) is 6.94. The van der Waals surface area contributed by atoms with Crippen LogP contribution in [0.25, 0.3) is 10.2 Å². The van der Waals surface area contributed by atoms with E-state index < -0.39 is 0 Å². The van der Waals surface area contributed by atoms with E-state index in [1.54, 1.807) is 32.4 Å². The number of benzene rings is 2. The second-order valence-electron chi connectivity index (χ2n) is 5.93. The van der Waals surface area contributed by atoms with E-state index in [0.29, 0.717) is 35.0 Å². The molecule has 0 N–H and O–H groups in total. The van der Waals surface area contributed by atoms with E-state index in [4.69, 9.17) is 14.2 Å². The summed E-state index contributed by atoms with van der Waals surface area (Å²) in [7, 11) is 4.75. The molecule has 0 saturated carbocycles. The Morgan fingerprint density at radius 1 is 1.15 bits per heavy atom. The van der Waals surface area contributed by atoms with Crippen LogP contribution in [0.4, 0.5) is 0 Å². The molecule has 0 fully saturated rings. The van der Waals surface area contributed by atoms with E-state index in [0.717, 1.165) is 15.8 Å². The largest absolute Gasteiger partial charge is 0.497 e. The summed E-state index contributed by atoms with van der Waals surface area (Å²) in [5.41, 5.74) is 2.61. The second kappa shape index (κ2) is 8.37. The number of carbonyl (C=O) groups is 1. The quantitative estimate of drug-likeness (QED) is 0.651. The van der Waals surface area contributed by atoms with Crippen molar-refractivity contribution in [1.29, 1.82) is 0 Å². The molecule has 0 spiro atoms. The molecule has 0 bridgehead atoms. The molecule has 7 heteroatoms. The lowest BCUT2D eigenvalue weighted by molar-refractivity contribution is 0.0994. The fraction of sp³-hybridized carbons (Fsp3) is 0.300. The number of amides is 1. The zero-order chi connectivity index (χ0) is 19.4. The molecule has 0 saturated heterocycles. The van der Waals surface area contributed by atoms with Gasteiger partial charge in [0.2, 0.25) is 0 Å². The van der Waals surface area contributed by atoms with E-state index in [1.807, 2.05) is 16.7 Å². The number of carbonyl (C=O) groups excluding carboxylic acids is 1. The first-order valence-corrected chi connectivity index (χ1v) is 9.29. The Bertz CT molecular complexity index is 1040. The minimum absolute atomic E-state index is 0.357. The Kier molecular flexibility index (Phi) is 5.93. The Labute approximate surface area is 161 Å². The highest BCUT2D eigenvalue weighted by atomic mass is 32.1. The first-order valence-electron chi connectivity index (χ1n) is 8.48. The van der Waals surface area contributed by atoms with Crippen molar-refractivity contribution in [2.75, 3.05) is 27.9 Å². The highest BCUT2D eigenvalue weighted by Crippen LogP contribution is 2.25. The maximum Gasteiger partial charge on any atom is 0.283 e. The van der Waals surface area contributed by atoms with Crippen LogP contribution in [0.15, 0.2) is 41.4 Å². The SMILES string of the molecule is COCCn1c(=NC(=O)c2ccc(OC)cc2OC)sc2cccc(C)c21. The van der Waals surface area contributed by atoms with Crippen LogP contribution in [0.5, 0.6) is 11.5 Å². The molecule has 3 aromatic rings. The van der Waals surface area contributed by atoms with Gasteiger partial charge in [-0.1, -0.05) is 23.5 Å². The number of para-hydroxylation sites is 1. The number of aromatic nitrogens is 1. The monoisotopic (exact) mass is 386 g/mol. The molecule has 142 valence electrons. The molecule has 3 rings (SSSR count). The molecule has 0 aliphatic heterocycles. The van der Waals surface area contributed by atoms with Crippen LogP contribution < -0.4 is 14.3 Å². The predicted octanol–water partition coefficient (Wildman–Crippen LogP) is 3.42. The van der Waals surface area contributed by atoms with Crippen LogP contribution >= 0.6 is 11.3 Å². The molecule has 0 aliphatic rings. The summed E-state index contributed by atoms with van der Waals surface area (Å²) in [5, 5.41) is 0. The van der Waals surface area contributed by atoms with Crippen LogP contribution in [-0.4, -0.2) is 38.4 Å². The Morgan fingerprint density at radius 3 is 2.67 bits per heavy atom. The number of rotatable bonds is 6. The van der Waals surface area contributed by atoms with Crippen LogP contribution in [0, 0.1) is 6.92 Å². The number of ether oxygens (including phenoxy) is 3. The van der Waals surface area contributed by atoms with Gasteiger partial charge in [0.05, 0.1) is 36.6 Å². The molecule has 1 heterocycles. The van der Waals surface area contributed by atoms with Crippen LogP contribution in [0.3, 0.4) is 0 Å². The number of thiazole rings is 1. The first-order chi connectivity index (χ1) is 13.1. The van der Waals surface area contributed by atoms with Gasteiger partial charge in [0.25, 0.3) is 5.91 Å². The first kappa shape index (κ1) is 19.1. The summed E-state index contributed by atoms with van der Waals surface area (Å²) in [4.78, 5) is 17.9. The van der Waals surface area contributed by atoms with Crippen molar-refractivity contribution >= 4 is 27.5 Å². The fourth-order valence-electron chi connectivity index (χ4n) is 2.90. The molecule has 0 radical (unpaired) electrons. The third kappa shape index (κ3) is 3.89. The van der Waals surface area contributed by atoms with Gasteiger partial charge in [-0.15, -0.1) is 0 Å². The minimum Gasteiger partial charge on any atom is -0.497 e. The fourth-order valence-corrected chi connectivity index (χ4v) is 4.04. The molecule has 0 unspecified atom stereocenters. The number of nitrogens with zero attached hydrogens (tertiary/aromatic N) is 2. The van der Waals surface area contributed by atoms with Crippen LogP contribution in [0.2, 0.25) is 0 Å². The van der Waals surface area contributed by atoms with Crippen molar-refractivity contribution < 1.29 is 19.0 Å². The van der Waals surface area contributed by atoms with E-state index in [2.05, 4.69) is 18.0 Å². The summed E-state index contributed by atoms with van der Waals surface area (Å²) in [6.07, 6.45) is 0. The summed E-state index contributed by atoms with van der Waals surface area (Å²) in [6.45, 7) is 3.21. The molecule has 0 atom stereocenters. The molecule has 6 nitrogen and oxygen atoms in total. The van der Waals surface area contributed by atoms with Gasteiger partial charge in [0.1, 0.15) is 11.5 Å². The smallest absolute Gasteiger partial charge is 0.283 e. The number of aryl methyl sites for hydroxylation is 1. The van der Waals surface area contributed by atoms with Crippen LogP contribution in [0.1, 0.15) is 15.9 Å². The third-order valence-electron chi connectivity index (χ3n) is 4.26. The van der Waals surface area contributed by atoms with E-state index in [-0.39, 0.29) is 5.91 Å². The van der Waals surface area contributed by atoms with Gasteiger partial charge in [-0.2, -0.15) is 4.99 Å². The molecule has 1 amide bonds. The standard InChI is InChI=1S/C20H22N2O4S/c1-13-6-5-7-17-18(13)22(10-11-24-2)20(27-17)21-19(23)15-9-8-14(25-3)12-16(15)26-4/h5-9,12H,10-11H2,1-4H3. The van der Waals surface area contributed by atoms with Gasteiger partial charge < -0.3 is 18.8 Å². The maximum absolute atomic E-state index is 12.9. The summed E-state index contributed by atoms with van der Waals surface area (Å²) in [5.74, 6) is 0.699. The van der Waals surface area contributed by atoms with E-state index in [9.17, 15) is 4.79 Å². The number of fused-ring (bicyclic) bond motifs is 1. The normalized spacial score (nSPS) is 11.8. The molecule has 1 aromatic heterocycles. The summed E-state index contributed by atoms with van der Waals surface area (Å²) >= 11 is 1.49. The lowest BCUT2D eigenvalue weighted by Gasteiger charge is -2.08. The number of hydrogen-bond donors (Lipinski definition) is 0. The van der Waals surface area contributed by atoms with Crippen molar-refractivity contribution in [3.63, 3.8) is 0 Å². The Morgan fingerprint density at radius 2 is 1.96 bits per heavy atom. The topological polar surface area (TPSA) is 62.1 Å². The van der Waals surface area contributed by atoms with E-state index in [1.165, 1.54) is 18.4 Å². The highest BCUT2D eigenvalue weighted by molar-refractivity contribution is 7.16. The van der Waals surface area contributed by atoms with E-state index >= 15 is 0 Å². The zero-order valence-electron chi connectivity index (χ0n) is 15.8. The zero-order valence-corrected chi connectivity index (χ0v) is 16.6. The van der Waals surface area contributed by atoms with Crippen molar-refractivity contribution in [2.24, 2.45) is 4.99 Å². The van der Waals surface area contributed by atoms with Crippen LogP contribution in [-0.2, 0) is 11.3 Å². The van der Waals surface area contributed by atoms with Crippen molar-refractivity contribution in [1.82, 2.24) is 4.57 Å². The molecule has 2 aromatic carbocycles.